The SMILES string of the molecule is Cc1c(C)n(Cc2ccc(Cl)c(O[C@@H](C)C=O)c2)c2ccc(C(=O)N[C@@H](C)c3ccc(OC(C)C)cc3)cc12. The summed E-state index contributed by atoms with van der Waals surface area (Å²) in [5, 5.41) is 4.60. The number of rotatable bonds is 10. The minimum Gasteiger partial charge on any atom is -0.491 e. The third-order valence-corrected chi connectivity index (χ3v) is 7.15. The molecule has 6 nitrogen and oxygen atoms in total. The predicted molar refractivity (Wildman–Crippen MR) is 156 cm³/mol. The second-order valence-electron chi connectivity index (χ2n) is 10.2. The van der Waals surface area contributed by atoms with Gasteiger partial charge in [-0.1, -0.05) is 29.8 Å². The second-order valence-corrected chi connectivity index (χ2v) is 10.6. The molecule has 0 fully saturated rings. The van der Waals surface area contributed by atoms with E-state index in [4.69, 9.17) is 21.1 Å². The zero-order valence-corrected chi connectivity index (χ0v) is 24.0. The Morgan fingerprint density at radius 2 is 1.69 bits per heavy atom. The maximum atomic E-state index is 13.2. The van der Waals surface area contributed by atoms with Crippen molar-refractivity contribution < 1.29 is 19.1 Å². The fraction of sp³-hybridized carbons (Fsp3) is 0.312. The largest absolute Gasteiger partial charge is 0.491 e. The van der Waals surface area contributed by atoms with Crippen LogP contribution in [-0.4, -0.2) is 29.0 Å². The number of amides is 1. The average molecular weight is 547 g/mol. The molecular formula is C32H35ClN2O4. The lowest BCUT2D eigenvalue weighted by molar-refractivity contribution is -0.113. The second kappa shape index (κ2) is 12.0. The van der Waals surface area contributed by atoms with Crippen molar-refractivity contribution in [3.8, 4) is 11.5 Å². The van der Waals surface area contributed by atoms with E-state index in [1.165, 1.54) is 0 Å². The van der Waals surface area contributed by atoms with Crippen LogP contribution in [0, 0.1) is 13.8 Å². The highest BCUT2D eigenvalue weighted by Gasteiger charge is 2.17. The summed E-state index contributed by atoms with van der Waals surface area (Å²) in [5.74, 6) is 1.17. The van der Waals surface area contributed by atoms with Crippen LogP contribution in [0.4, 0.5) is 0 Å². The van der Waals surface area contributed by atoms with Crippen molar-refractivity contribution in [1.29, 1.82) is 0 Å². The first-order valence-electron chi connectivity index (χ1n) is 13.1. The van der Waals surface area contributed by atoms with Crippen molar-refractivity contribution >= 4 is 34.7 Å². The Bertz CT molecular complexity index is 1490. The number of fused-ring (bicyclic) bond motifs is 1. The van der Waals surface area contributed by atoms with Gasteiger partial charge in [-0.3, -0.25) is 9.59 Å². The summed E-state index contributed by atoms with van der Waals surface area (Å²) in [7, 11) is 0. The molecule has 0 spiro atoms. The van der Waals surface area contributed by atoms with Crippen molar-refractivity contribution in [2.75, 3.05) is 0 Å². The van der Waals surface area contributed by atoms with Crippen LogP contribution < -0.4 is 14.8 Å². The molecule has 1 aromatic heterocycles. The number of ether oxygens (including phenoxy) is 2. The number of hydrogen-bond donors (Lipinski definition) is 1. The first-order valence-corrected chi connectivity index (χ1v) is 13.5. The quantitative estimate of drug-likeness (QED) is 0.213. The number of halogens is 1. The number of aldehydes is 1. The van der Waals surface area contributed by atoms with E-state index >= 15 is 0 Å². The monoisotopic (exact) mass is 546 g/mol. The summed E-state index contributed by atoms with van der Waals surface area (Å²) < 4.78 is 13.6. The molecule has 2 atom stereocenters. The highest BCUT2D eigenvalue weighted by atomic mass is 35.5. The number of aromatic nitrogens is 1. The lowest BCUT2D eigenvalue weighted by Crippen LogP contribution is -2.26. The number of nitrogens with one attached hydrogen (secondary N) is 1. The Labute approximate surface area is 234 Å². The van der Waals surface area contributed by atoms with Crippen LogP contribution in [0.25, 0.3) is 10.9 Å². The normalized spacial score (nSPS) is 12.8. The fourth-order valence-corrected chi connectivity index (χ4v) is 4.77. The molecule has 0 bridgehead atoms. The molecule has 204 valence electrons. The fourth-order valence-electron chi connectivity index (χ4n) is 4.61. The predicted octanol–water partition coefficient (Wildman–Crippen LogP) is 7.20. The van der Waals surface area contributed by atoms with Crippen molar-refractivity contribution in [3.63, 3.8) is 0 Å². The van der Waals surface area contributed by atoms with Crippen LogP contribution in [0.3, 0.4) is 0 Å². The molecule has 1 amide bonds. The number of aryl methyl sites for hydroxylation is 1. The summed E-state index contributed by atoms with van der Waals surface area (Å²) in [4.78, 5) is 24.2. The minimum atomic E-state index is -0.584. The van der Waals surface area contributed by atoms with Gasteiger partial charge in [-0.15, -0.1) is 0 Å². The topological polar surface area (TPSA) is 69.6 Å². The van der Waals surface area contributed by atoms with Gasteiger partial charge >= 0.3 is 0 Å². The molecule has 0 saturated carbocycles. The van der Waals surface area contributed by atoms with Crippen molar-refractivity contribution in [1.82, 2.24) is 9.88 Å². The van der Waals surface area contributed by atoms with Gasteiger partial charge < -0.3 is 19.4 Å². The molecule has 0 radical (unpaired) electrons. The molecule has 7 heteroatoms. The van der Waals surface area contributed by atoms with Crippen LogP contribution in [-0.2, 0) is 11.3 Å². The molecule has 0 aliphatic rings. The van der Waals surface area contributed by atoms with Gasteiger partial charge in [0.05, 0.1) is 17.2 Å². The molecular weight excluding hydrogens is 512 g/mol. The van der Waals surface area contributed by atoms with Gasteiger partial charge in [0.1, 0.15) is 11.5 Å². The van der Waals surface area contributed by atoms with E-state index < -0.39 is 6.10 Å². The van der Waals surface area contributed by atoms with Crippen LogP contribution in [0.15, 0.2) is 60.7 Å². The van der Waals surface area contributed by atoms with E-state index in [9.17, 15) is 9.59 Å². The Morgan fingerprint density at radius 1 is 0.974 bits per heavy atom. The molecule has 0 aliphatic carbocycles. The van der Waals surface area contributed by atoms with Crippen LogP contribution in [0.5, 0.6) is 11.5 Å². The van der Waals surface area contributed by atoms with Gasteiger partial charge in [0.25, 0.3) is 5.91 Å². The number of carbonyl (C=O) groups is 2. The highest BCUT2D eigenvalue weighted by molar-refractivity contribution is 6.32. The van der Waals surface area contributed by atoms with Gasteiger partial charge in [0.2, 0.25) is 0 Å². The first-order chi connectivity index (χ1) is 18.6. The molecule has 0 aliphatic heterocycles. The van der Waals surface area contributed by atoms with E-state index in [1.54, 1.807) is 13.0 Å². The Hall–Kier alpha value is -3.77. The Kier molecular flexibility index (Phi) is 8.66. The molecule has 0 saturated heterocycles. The van der Waals surface area contributed by atoms with Crippen LogP contribution in [0.1, 0.15) is 66.5 Å². The average Bonchev–Trinajstić information content (AvgIpc) is 3.14. The third-order valence-electron chi connectivity index (χ3n) is 6.84. The van der Waals surface area contributed by atoms with Crippen molar-refractivity contribution in [2.45, 2.75) is 66.3 Å². The summed E-state index contributed by atoms with van der Waals surface area (Å²) >= 11 is 6.29. The van der Waals surface area contributed by atoms with Gasteiger partial charge in [-0.25, -0.2) is 0 Å². The standard InChI is InChI=1S/C32H35ClN2O4/c1-19(2)38-27-11-8-25(9-12-27)22(5)34-32(37)26-10-14-30-28(16-26)21(4)23(6)35(30)17-24-7-13-29(33)31(15-24)39-20(3)18-36/h7-16,18-20,22H,17H2,1-6H3,(H,34,37)/t20-,22-/m0/s1. The maximum absolute atomic E-state index is 13.2. The number of carbonyl (C=O) groups excluding carboxylic acids is 2. The third kappa shape index (κ3) is 6.45. The maximum Gasteiger partial charge on any atom is 0.251 e. The zero-order chi connectivity index (χ0) is 28.3. The molecule has 1 heterocycles. The minimum absolute atomic E-state index is 0.111. The van der Waals surface area contributed by atoms with Gasteiger partial charge in [0, 0.05) is 28.7 Å². The van der Waals surface area contributed by atoms with Crippen LogP contribution in [0.2, 0.25) is 5.02 Å². The number of benzene rings is 3. The number of hydrogen-bond acceptors (Lipinski definition) is 4. The van der Waals surface area contributed by atoms with E-state index in [-0.39, 0.29) is 18.1 Å². The molecule has 4 aromatic rings. The van der Waals surface area contributed by atoms with Crippen LogP contribution >= 0.6 is 11.6 Å². The Balaban J connectivity index is 1.54. The molecule has 1 N–H and O–H groups in total. The highest BCUT2D eigenvalue weighted by Crippen LogP contribution is 2.30. The van der Waals surface area contributed by atoms with E-state index in [0.29, 0.717) is 22.9 Å². The zero-order valence-electron chi connectivity index (χ0n) is 23.2. The smallest absolute Gasteiger partial charge is 0.251 e. The number of nitrogens with zero attached hydrogens (tertiary/aromatic N) is 1. The molecule has 4 rings (SSSR count). The van der Waals surface area contributed by atoms with Crippen molar-refractivity contribution in [3.05, 3.63) is 93.6 Å². The summed E-state index contributed by atoms with van der Waals surface area (Å²) in [6, 6.07) is 19.1. The van der Waals surface area contributed by atoms with Crippen molar-refractivity contribution in [2.24, 2.45) is 0 Å². The van der Waals surface area contributed by atoms with E-state index in [0.717, 1.165) is 45.3 Å². The van der Waals surface area contributed by atoms with E-state index in [2.05, 4.69) is 23.7 Å². The van der Waals surface area contributed by atoms with E-state index in [1.807, 2.05) is 75.4 Å². The molecule has 0 unspecified atom stereocenters. The van der Waals surface area contributed by atoms with Gasteiger partial charge in [0.15, 0.2) is 12.4 Å². The molecule has 3 aromatic carbocycles. The molecule has 39 heavy (non-hydrogen) atoms. The van der Waals surface area contributed by atoms with Gasteiger partial charge in [-0.2, -0.15) is 0 Å². The lowest BCUT2D eigenvalue weighted by atomic mass is 10.1. The summed E-state index contributed by atoms with van der Waals surface area (Å²) in [6.45, 7) is 12.4. The first kappa shape index (κ1) is 28.2. The summed E-state index contributed by atoms with van der Waals surface area (Å²) in [6.07, 6.45) is 0.266. The summed E-state index contributed by atoms with van der Waals surface area (Å²) in [5.41, 5.74) is 5.88. The Morgan fingerprint density at radius 3 is 2.36 bits per heavy atom. The lowest BCUT2D eigenvalue weighted by Gasteiger charge is -2.16. The van der Waals surface area contributed by atoms with Gasteiger partial charge in [-0.05, 0) is 101 Å².